The summed E-state index contributed by atoms with van der Waals surface area (Å²) >= 11 is 6.05. The summed E-state index contributed by atoms with van der Waals surface area (Å²) < 4.78 is 13.9. The Balaban J connectivity index is 2.36. The van der Waals surface area contributed by atoms with E-state index in [0.29, 0.717) is 16.1 Å². The average molecular weight is 228 g/mol. The Morgan fingerprint density at radius 3 is 2.87 bits per heavy atom. The van der Waals surface area contributed by atoms with Crippen LogP contribution in [0.4, 0.5) is 4.39 Å². The fraction of sp³-hybridized carbons (Fsp3) is 0.500. The summed E-state index contributed by atoms with van der Waals surface area (Å²) in [4.78, 5) is 0. The number of nitrogens with one attached hydrogen (secondary N) is 1. The first-order valence-electron chi connectivity index (χ1n) is 5.38. The molecule has 3 heteroatoms. The van der Waals surface area contributed by atoms with Crippen LogP contribution in [0.2, 0.25) is 5.02 Å². The summed E-state index contributed by atoms with van der Waals surface area (Å²) in [7, 11) is 0. The van der Waals surface area contributed by atoms with Crippen LogP contribution in [0.5, 0.6) is 0 Å². The van der Waals surface area contributed by atoms with Crippen molar-refractivity contribution in [1.82, 2.24) is 5.32 Å². The van der Waals surface area contributed by atoms with Gasteiger partial charge in [-0.2, -0.15) is 0 Å². The maximum atomic E-state index is 13.9. The molecule has 1 aromatic rings. The molecule has 1 atom stereocenters. The van der Waals surface area contributed by atoms with E-state index in [9.17, 15) is 4.39 Å². The number of benzene rings is 1. The highest BCUT2D eigenvalue weighted by Crippen LogP contribution is 2.32. The third-order valence-corrected chi connectivity index (χ3v) is 3.31. The van der Waals surface area contributed by atoms with E-state index in [0.717, 1.165) is 19.4 Å². The zero-order valence-electron chi connectivity index (χ0n) is 8.82. The standard InChI is InChI=1S/C12H15ClFN/c1-8-5-6-9(13)11(12(8)14)10-4-2-3-7-15-10/h5-6,10,15H,2-4,7H2,1H3/t10-/m0/s1. The predicted molar refractivity (Wildman–Crippen MR) is 60.7 cm³/mol. The lowest BCUT2D eigenvalue weighted by Crippen LogP contribution is -2.28. The van der Waals surface area contributed by atoms with Gasteiger partial charge in [0.05, 0.1) is 0 Å². The van der Waals surface area contributed by atoms with Gasteiger partial charge in [0.1, 0.15) is 5.82 Å². The first-order chi connectivity index (χ1) is 7.20. The van der Waals surface area contributed by atoms with Crippen molar-refractivity contribution < 1.29 is 4.39 Å². The van der Waals surface area contributed by atoms with Crippen LogP contribution in [0.15, 0.2) is 12.1 Å². The summed E-state index contributed by atoms with van der Waals surface area (Å²) in [5.74, 6) is -0.151. The Labute approximate surface area is 94.6 Å². The molecule has 2 rings (SSSR count). The number of halogens is 2. The second-order valence-electron chi connectivity index (χ2n) is 4.09. The lowest BCUT2D eigenvalue weighted by Gasteiger charge is -2.25. The fourth-order valence-electron chi connectivity index (χ4n) is 2.10. The van der Waals surface area contributed by atoms with Crippen molar-refractivity contribution in [3.8, 4) is 0 Å². The molecule has 82 valence electrons. The molecule has 0 spiro atoms. The van der Waals surface area contributed by atoms with Crippen LogP contribution in [-0.4, -0.2) is 6.54 Å². The monoisotopic (exact) mass is 227 g/mol. The number of hydrogen-bond acceptors (Lipinski definition) is 1. The van der Waals surface area contributed by atoms with Gasteiger partial charge in [0.15, 0.2) is 0 Å². The van der Waals surface area contributed by atoms with Crippen LogP contribution in [-0.2, 0) is 0 Å². The van der Waals surface area contributed by atoms with E-state index in [4.69, 9.17) is 11.6 Å². The van der Waals surface area contributed by atoms with E-state index in [1.807, 2.05) is 0 Å². The fourth-order valence-corrected chi connectivity index (χ4v) is 2.37. The quantitative estimate of drug-likeness (QED) is 0.773. The lowest BCUT2D eigenvalue weighted by atomic mass is 9.95. The Hall–Kier alpha value is -0.600. The van der Waals surface area contributed by atoms with Crippen LogP contribution in [0.25, 0.3) is 0 Å². The number of aryl methyl sites for hydroxylation is 1. The lowest BCUT2D eigenvalue weighted by molar-refractivity contribution is 0.399. The molecule has 0 radical (unpaired) electrons. The first-order valence-corrected chi connectivity index (χ1v) is 5.76. The molecular formula is C12H15ClFN. The molecule has 1 saturated heterocycles. The van der Waals surface area contributed by atoms with E-state index < -0.39 is 0 Å². The van der Waals surface area contributed by atoms with Gasteiger partial charge in [-0.25, -0.2) is 4.39 Å². The number of hydrogen-bond donors (Lipinski definition) is 1. The van der Waals surface area contributed by atoms with E-state index in [-0.39, 0.29) is 11.9 Å². The third-order valence-electron chi connectivity index (χ3n) is 2.98. The van der Waals surface area contributed by atoms with Crippen LogP contribution in [0.1, 0.15) is 36.4 Å². The van der Waals surface area contributed by atoms with Crippen molar-refractivity contribution in [2.75, 3.05) is 6.54 Å². The zero-order chi connectivity index (χ0) is 10.8. The molecule has 0 saturated carbocycles. The molecule has 0 aliphatic carbocycles. The molecular weight excluding hydrogens is 213 g/mol. The largest absolute Gasteiger partial charge is 0.310 e. The molecule has 1 heterocycles. The van der Waals surface area contributed by atoms with Gasteiger partial charge in [0.25, 0.3) is 0 Å². The van der Waals surface area contributed by atoms with Gasteiger partial charge in [-0.15, -0.1) is 0 Å². The topological polar surface area (TPSA) is 12.0 Å². The first kappa shape index (κ1) is 10.9. The van der Waals surface area contributed by atoms with Gasteiger partial charge in [0, 0.05) is 16.6 Å². The average Bonchev–Trinajstić information content (AvgIpc) is 2.26. The Bertz CT molecular complexity index is 359. The minimum absolute atomic E-state index is 0.0890. The summed E-state index contributed by atoms with van der Waals surface area (Å²) in [6.07, 6.45) is 3.28. The summed E-state index contributed by atoms with van der Waals surface area (Å²) in [5.41, 5.74) is 1.32. The Morgan fingerprint density at radius 2 is 2.20 bits per heavy atom. The summed E-state index contributed by atoms with van der Waals surface area (Å²) in [5, 5.41) is 3.86. The van der Waals surface area contributed by atoms with E-state index in [1.54, 1.807) is 19.1 Å². The molecule has 1 N–H and O–H groups in total. The number of piperidine rings is 1. The Kier molecular flexibility index (Phi) is 3.27. The van der Waals surface area contributed by atoms with Crippen molar-refractivity contribution in [2.24, 2.45) is 0 Å². The predicted octanol–water partition coefficient (Wildman–Crippen LogP) is 3.60. The second kappa shape index (κ2) is 4.50. The van der Waals surface area contributed by atoms with E-state index >= 15 is 0 Å². The van der Waals surface area contributed by atoms with Crippen LogP contribution >= 0.6 is 11.6 Å². The van der Waals surface area contributed by atoms with Crippen LogP contribution in [0.3, 0.4) is 0 Å². The van der Waals surface area contributed by atoms with Gasteiger partial charge >= 0.3 is 0 Å². The third kappa shape index (κ3) is 2.16. The highest BCUT2D eigenvalue weighted by molar-refractivity contribution is 6.31. The van der Waals surface area contributed by atoms with Crippen molar-refractivity contribution in [3.05, 3.63) is 34.1 Å². The zero-order valence-corrected chi connectivity index (χ0v) is 9.57. The SMILES string of the molecule is Cc1ccc(Cl)c([C@@H]2CCCCN2)c1F. The van der Waals surface area contributed by atoms with Gasteiger partial charge in [0.2, 0.25) is 0 Å². The molecule has 0 amide bonds. The maximum Gasteiger partial charge on any atom is 0.132 e. The maximum absolute atomic E-state index is 13.9. The molecule has 1 aromatic carbocycles. The smallest absolute Gasteiger partial charge is 0.132 e. The normalized spacial score (nSPS) is 21.7. The van der Waals surface area contributed by atoms with E-state index in [2.05, 4.69) is 5.32 Å². The molecule has 1 fully saturated rings. The van der Waals surface area contributed by atoms with Gasteiger partial charge in [-0.05, 0) is 37.9 Å². The Morgan fingerprint density at radius 1 is 1.40 bits per heavy atom. The van der Waals surface area contributed by atoms with Crippen molar-refractivity contribution in [2.45, 2.75) is 32.2 Å². The molecule has 0 aromatic heterocycles. The van der Waals surface area contributed by atoms with Gasteiger partial charge < -0.3 is 5.32 Å². The molecule has 0 unspecified atom stereocenters. The molecule has 1 aliphatic rings. The van der Waals surface area contributed by atoms with Gasteiger partial charge in [-0.3, -0.25) is 0 Å². The van der Waals surface area contributed by atoms with Crippen molar-refractivity contribution in [1.29, 1.82) is 0 Å². The molecule has 0 bridgehead atoms. The minimum Gasteiger partial charge on any atom is -0.310 e. The highest BCUT2D eigenvalue weighted by atomic mass is 35.5. The minimum atomic E-state index is -0.151. The highest BCUT2D eigenvalue weighted by Gasteiger charge is 2.21. The second-order valence-corrected chi connectivity index (χ2v) is 4.50. The van der Waals surface area contributed by atoms with Crippen molar-refractivity contribution in [3.63, 3.8) is 0 Å². The summed E-state index contributed by atoms with van der Waals surface area (Å²) in [6.45, 7) is 2.73. The molecule has 1 nitrogen and oxygen atoms in total. The van der Waals surface area contributed by atoms with Crippen molar-refractivity contribution >= 4 is 11.6 Å². The molecule has 15 heavy (non-hydrogen) atoms. The number of rotatable bonds is 1. The van der Waals surface area contributed by atoms with Gasteiger partial charge in [-0.1, -0.05) is 24.1 Å². The summed E-state index contributed by atoms with van der Waals surface area (Å²) in [6, 6.07) is 3.60. The van der Waals surface area contributed by atoms with Crippen LogP contribution < -0.4 is 5.32 Å². The van der Waals surface area contributed by atoms with Crippen LogP contribution in [0, 0.1) is 12.7 Å². The molecule has 1 aliphatic heterocycles. The van der Waals surface area contributed by atoms with E-state index in [1.165, 1.54) is 6.42 Å².